The number of ether oxygens (including phenoxy) is 1. The van der Waals surface area contributed by atoms with Gasteiger partial charge in [-0.15, -0.1) is 0 Å². The van der Waals surface area contributed by atoms with E-state index < -0.39 is 0 Å². The van der Waals surface area contributed by atoms with E-state index in [2.05, 4.69) is 46.3 Å². The van der Waals surface area contributed by atoms with Gasteiger partial charge in [-0.2, -0.15) is 5.10 Å². The molecule has 0 bridgehead atoms. The molecule has 1 aliphatic heterocycles. The second kappa shape index (κ2) is 7.40. The van der Waals surface area contributed by atoms with Gasteiger partial charge in [0.25, 0.3) is 5.91 Å². The molecule has 1 saturated carbocycles. The third-order valence-corrected chi connectivity index (χ3v) is 6.00. The summed E-state index contributed by atoms with van der Waals surface area (Å²) < 4.78 is 7.81. The maximum atomic E-state index is 13.0. The van der Waals surface area contributed by atoms with Crippen LogP contribution in [0, 0.1) is 0 Å². The molecule has 2 atom stereocenters. The Morgan fingerprint density at radius 3 is 2.73 bits per heavy atom. The number of nitrogens with zero attached hydrogens (tertiary/aromatic N) is 4. The third-order valence-electron chi connectivity index (χ3n) is 6.00. The molecule has 3 heterocycles. The minimum Gasteiger partial charge on any atom is -0.372 e. The number of fused-ring (bicyclic) bond motifs is 1. The van der Waals surface area contributed by atoms with Crippen LogP contribution in [0.25, 0.3) is 10.9 Å². The average Bonchev–Trinajstić information content (AvgIpc) is 3.37. The number of hydrogen-bond donors (Lipinski definition) is 1. The Kier molecular flexibility index (Phi) is 4.70. The fourth-order valence-corrected chi connectivity index (χ4v) is 4.35. The van der Waals surface area contributed by atoms with Crippen LogP contribution in [0.3, 0.4) is 0 Å². The molecule has 0 spiro atoms. The lowest BCUT2D eigenvalue weighted by molar-refractivity contribution is -0.00522. The van der Waals surface area contributed by atoms with Gasteiger partial charge in [0.15, 0.2) is 0 Å². The van der Waals surface area contributed by atoms with E-state index in [9.17, 15) is 4.79 Å². The monoisotopic (exact) mass is 405 g/mol. The molecule has 2 aliphatic rings. The maximum Gasteiger partial charge on any atom is 0.270 e. The molecule has 1 amide bonds. The summed E-state index contributed by atoms with van der Waals surface area (Å²) in [7, 11) is 0. The lowest BCUT2D eigenvalue weighted by Crippen LogP contribution is -2.45. The van der Waals surface area contributed by atoms with Crippen LogP contribution < -0.4 is 10.2 Å². The highest BCUT2D eigenvalue weighted by molar-refractivity contribution is 5.94. The molecule has 7 heteroatoms. The fraction of sp³-hybridized carbons (Fsp3) is 0.435. The van der Waals surface area contributed by atoms with Crippen molar-refractivity contribution in [3.05, 3.63) is 54.5 Å². The van der Waals surface area contributed by atoms with Crippen molar-refractivity contribution in [1.29, 1.82) is 0 Å². The molecule has 1 saturated heterocycles. The molecule has 3 aromatic rings. The van der Waals surface area contributed by atoms with Crippen molar-refractivity contribution in [1.82, 2.24) is 20.1 Å². The van der Waals surface area contributed by atoms with Gasteiger partial charge >= 0.3 is 0 Å². The normalized spacial score (nSPS) is 22.8. The number of para-hydroxylation sites is 1. The number of amides is 1. The minimum atomic E-state index is -0.244. The number of rotatable bonds is 5. The number of benzene rings is 1. The van der Waals surface area contributed by atoms with Gasteiger partial charge in [0.2, 0.25) is 0 Å². The van der Waals surface area contributed by atoms with E-state index >= 15 is 0 Å². The van der Waals surface area contributed by atoms with Crippen LogP contribution in [0.15, 0.2) is 48.8 Å². The smallest absolute Gasteiger partial charge is 0.270 e. The molecule has 156 valence electrons. The molecule has 1 N–H and O–H groups in total. The van der Waals surface area contributed by atoms with Gasteiger partial charge < -0.3 is 15.0 Å². The summed E-state index contributed by atoms with van der Waals surface area (Å²) in [5.74, 6) is -0.125. The summed E-state index contributed by atoms with van der Waals surface area (Å²) in [6.07, 6.45) is 5.82. The number of morpholine rings is 1. The Hall–Kier alpha value is -2.93. The van der Waals surface area contributed by atoms with Crippen molar-refractivity contribution in [2.24, 2.45) is 0 Å². The first-order valence-corrected chi connectivity index (χ1v) is 10.6. The standard InChI is InChI=1S/C23H27N5O2/c1-16-13-27(14-17(2)30-16)19-7-10-24-20(11-19)22(29)26-23(8-9-23)15-28-21-6-4-3-5-18(21)12-25-28/h3-7,10-12,16-17H,8-9,13-15H2,1-2H3,(H,26,29)/t16-,17+. The van der Waals surface area contributed by atoms with Gasteiger partial charge in [-0.3, -0.25) is 14.5 Å². The first-order chi connectivity index (χ1) is 14.5. The molecule has 2 aromatic heterocycles. The van der Waals surface area contributed by atoms with Crippen LogP contribution in [-0.2, 0) is 11.3 Å². The molecule has 0 unspecified atom stereocenters. The molecule has 1 aromatic carbocycles. The van der Waals surface area contributed by atoms with E-state index in [0.29, 0.717) is 12.2 Å². The molecular weight excluding hydrogens is 378 g/mol. The van der Waals surface area contributed by atoms with E-state index in [1.165, 1.54) is 0 Å². The van der Waals surface area contributed by atoms with Gasteiger partial charge in [0.05, 0.1) is 36.0 Å². The number of pyridine rings is 1. The van der Waals surface area contributed by atoms with Gasteiger partial charge in [-0.05, 0) is 44.9 Å². The van der Waals surface area contributed by atoms with Crippen LogP contribution >= 0.6 is 0 Å². The first kappa shape index (κ1) is 19.1. The lowest BCUT2D eigenvalue weighted by Gasteiger charge is -2.36. The Morgan fingerprint density at radius 2 is 1.97 bits per heavy atom. The molecule has 30 heavy (non-hydrogen) atoms. The van der Waals surface area contributed by atoms with Gasteiger partial charge in [-0.25, -0.2) is 0 Å². The van der Waals surface area contributed by atoms with E-state index in [-0.39, 0.29) is 23.7 Å². The average molecular weight is 406 g/mol. The lowest BCUT2D eigenvalue weighted by atomic mass is 10.2. The highest BCUT2D eigenvalue weighted by Crippen LogP contribution is 2.38. The van der Waals surface area contributed by atoms with Gasteiger partial charge in [0.1, 0.15) is 5.69 Å². The number of carbonyl (C=O) groups excluding carboxylic acids is 1. The van der Waals surface area contributed by atoms with Gasteiger partial charge in [0, 0.05) is 30.4 Å². The van der Waals surface area contributed by atoms with Crippen molar-refractivity contribution in [3.63, 3.8) is 0 Å². The molecule has 5 rings (SSSR count). The maximum absolute atomic E-state index is 13.0. The predicted molar refractivity (Wildman–Crippen MR) is 116 cm³/mol. The Bertz CT molecular complexity index is 1060. The van der Waals surface area contributed by atoms with Crippen molar-refractivity contribution >= 4 is 22.5 Å². The minimum absolute atomic E-state index is 0.125. The van der Waals surface area contributed by atoms with Crippen LogP contribution in [0.2, 0.25) is 0 Å². The van der Waals surface area contributed by atoms with E-state index in [0.717, 1.165) is 42.5 Å². The molecule has 7 nitrogen and oxygen atoms in total. The summed E-state index contributed by atoms with van der Waals surface area (Å²) in [5.41, 5.74) is 2.32. The number of nitrogens with one attached hydrogen (secondary N) is 1. The summed E-state index contributed by atoms with van der Waals surface area (Å²) in [5, 5.41) is 8.86. The largest absolute Gasteiger partial charge is 0.372 e. The second-order valence-electron chi connectivity index (χ2n) is 8.66. The zero-order valence-electron chi connectivity index (χ0n) is 17.4. The first-order valence-electron chi connectivity index (χ1n) is 10.6. The quantitative estimate of drug-likeness (QED) is 0.707. The van der Waals surface area contributed by atoms with Crippen LogP contribution in [0.4, 0.5) is 5.69 Å². The zero-order valence-corrected chi connectivity index (χ0v) is 17.4. The fourth-order valence-electron chi connectivity index (χ4n) is 4.35. The zero-order chi connectivity index (χ0) is 20.7. The summed E-state index contributed by atoms with van der Waals surface area (Å²) in [6, 6.07) is 12.0. The summed E-state index contributed by atoms with van der Waals surface area (Å²) >= 11 is 0. The van der Waals surface area contributed by atoms with Crippen LogP contribution in [0.1, 0.15) is 37.2 Å². The van der Waals surface area contributed by atoms with Crippen molar-refractivity contribution in [3.8, 4) is 0 Å². The van der Waals surface area contributed by atoms with Gasteiger partial charge in [-0.1, -0.05) is 18.2 Å². The van der Waals surface area contributed by atoms with E-state index in [4.69, 9.17) is 4.74 Å². The number of carbonyl (C=O) groups is 1. The van der Waals surface area contributed by atoms with E-state index in [1.54, 1.807) is 6.20 Å². The Labute approximate surface area is 176 Å². The highest BCUT2D eigenvalue weighted by Gasteiger charge is 2.45. The molecule has 2 fully saturated rings. The topological polar surface area (TPSA) is 72.3 Å². The summed E-state index contributed by atoms with van der Waals surface area (Å²) in [4.78, 5) is 19.6. The number of hydrogen-bond acceptors (Lipinski definition) is 5. The Morgan fingerprint density at radius 1 is 1.20 bits per heavy atom. The predicted octanol–water partition coefficient (Wildman–Crippen LogP) is 3.01. The number of aromatic nitrogens is 3. The summed E-state index contributed by atoms with van der Waals surface area (Å²) in [6.45, 7) is 6.45. The van der Waals surface area contributed by atoms with Crippen LogP contribution in [-0.4, -0.2) is 51.5 Å². The Balaban J connectivity index is 1.31. The number of anilines is 1. The molecule has 1 aliphatic carbocycles. The van der Waals surface area contributed by atoms with Crippen LogP contribution in [0.5, 0.6) is 0 Å². The third kappa shape index (κ3) is 3.77. The molecule has 0 radical (unpaired) electrons. The van der Waals surface area contributed by atoms with E-state index in [1.807, 2.05) is 35.1 Å². The van der Waals surface area contributed by atoms with Crippen molar-refractivity contribution in [2.45, 2.75) is 51.0 Å². The second-order valence-corrected chi connectivity index (χ2v) is 8.66. The highest BCUT2D eigenvalue weighted by atomic mass is 16.5. The van der Waals surface area contributed by atoms with Crippen molar-refractivity contribution in [2.75, 3.05) is 18.0 Å². The SMILES string of the molecule is C[C@@H]1CN(c2ccnc(C(=O)NC3(Cn4ncc5ccccc54)CC3)c2)C[C@H](C)O1. The molecular formula is C23H27N5O2. The van der Waals surface area contributed by atoms with Crippen molar-refractivity contribution < 1.29 is 9.53 Å².